The van der Waals surface area contributed by atoms with E-state index in [2.05, 4.69) is 26.5 Å². The molecule has 0 saturated carbocycles. The lowest BCUT2D eigenvalue weighted by atomic mass is 10.3. The van der Waals surface area contributed by atoms with Crippen molar-refractivity contribution in [2.45, 2.75) is 27.7 Å². The molecule has 21 heavy (non-hydrogen) atoms. The third kappa shape index (κ3) is 12.1. The number of ether oxygens (including phenoxy) is 1. The highest BCUT2D eigenvalue weighted by molar-refractivity contribution is 5.65. The van der Waals surface area contributed by atoms with E-state index in [4.69, 9.17) is 4.74 Å². The van der Waals surface area contributed by atoms with Gasteiger partial charge in [-0.25, -0.2) is 0 Å². The summed E-state index contributed by atoms with van der Waals surface area (Å²) in [6.45, 7) is 12.8. The minimum absolute atomic E-state index is 0.179. The number of nitrogens with two attached hydrogens (primary N) is 1. The normalized spacial score (nSPS) is 9.62. The first-order valence-electron chi connectivity index (χ1n) is 7.66. The van der Waals surface area contributed by atoms with Gasteiger partial charge in [0.15, 0.2) is 0 Å². The molecule has 0 bridgehead atoms. The van der Waals surface area contributed by atoms with Crippen LogP contribution in [0.1, 0.15) is 27.7 Å². The van der Waals surface area contributed by atoms with E-state index in [0.717, 1.165) is 30.7 Å². The molecule has 0 aliphatic carbocycles. The van der Waals surface area contributed by atoms with Crippen LogP contribution in [-0.4, -0.2) is 50.3 Å². The minimum Gasteiger partial charge on any atom is -0.460 e. The predicted molar refractivity (Wildman–Crippen MR) is 89.9 cm³/mol. The molecule has 1 aromatic carbocycles. The van der Waals surface area contributed by atoms with Crippen molar-refractivity contribution in [2.24, 2.45) is 5.73 Å². The van der Waals surface area contributed by atoms with Crippen LogP contribution in [-0.2, 0) is 9.53 Å². The number of carbonyl (C=O) groups excluding carboxylic acids is 1. The molecule has 2 N–H and O–H groups in total. The number of quaternary nitrogens is 1. The number of hydrogen-bond acceptors (Lipinski definition) is 3. The molecule has 0 saturated heterocycles. The highest BCUT2D eigenvalue weighted by atomic mass is 16.5. The number of esters is 1. The number of nitrogens with zero attached hydrogens (tertiary/aromatic N) is 1. The number of likely N-dealkylation sites (N-methyl/N-ethyl adjacent to an activating group) is 1. The fraction of sp³-hybridized carbons (Fsp3) is 0.588. The van der Waals surface area contributed by atoms with Gasteiger partial charge in [-0.05, 0) is 27.8 Å². The SMILES string of the molecule is CC[N+](CC)(CC)CCOC(C)=O.CN.c1ccccc1. The summed E-state index contributed by atoms with van der Waals surface area (Å²) in [5.74, 6) is -0.179. The first-order chi connectivity index (χ1) is 10.1. The van der Waals surface area contributed by atoms with Crippen LogP contribution >= 0.6 is 0 Å². The van der Waals surface area contributed by atoms with Crippen molar-refractivity contribution in [1.29, 1.82) is 0 Å². The van der Waals surface area contributed by atoms with Crippen LogP contribution in [0.4, 0.5) is 0 Å². The van der Waals surface area contributed by atoms with Gasteiger partial charge in [-0.2, -0.15) is 0 Å². The maximum absolute atomic E-state index is 10.6. The fourth-order valence-corrected chi connectivity index (χ4v) is 1.91. The predicted octanol–water partition coefficient (Wildman–Crippen LogP) is 2.69. The Labute approximate surface area is 130 Å². The van der Waals surface area contributed by atoms with Gasteiger partial charge >= 0.3 is 5.97 Å². The zero-order valence-electron chi connectivity index (χ0n) is 14.3. The van der Waals surface area contributed by atoms with Gasteiger partial charge in [-0.1, -0.05) is 36.4 Å². The fourth-order valence-electron chi connectivity index (χ4n) is 1.91. The second-order valence-electron chi connectivity index (χ2n) is 4.51. The van der Waals surface area contributed by atoms with Gasteiger partial charge in [0, 0.05) is 6.92 Å². The van der Waals surface area contributed by atoms with Crippen molar-refractivity contribution in [3.05, 3.63) is 36.4 Å². The molecule has 0 spiro atoms. The number of rotatable bonds is 6. The van der Waals surface area contributed by atoms with E-state index in [1.807, 2.05) is 36.4 Å². The molecule has 0 amide bonds. The topological polar surface area (TPSA) is 52.3 Å². The van der Waals surface area contributed by atoms with Gasteiger partial charge in [0.1, 0.15) is 13.2 Å². The Kier molecular flexibility index (Phi) is 15.7. The summed E-state index contributed by atoms with van der Waals surface area (Å²) >= 11 is 0. The van der Waals surface area contributed by atoms with Gasteiger partial charge in [-0.15, -0.1) is 0 Å². The van der Waals surface area contributed by atoms with Gasteiger partial charge in [0.05, 0.1) is 19.6 Å². The number of benzene rings is 1. The van der Waals surface area contributed by atoms with Gasteiger partial charge in [0.25, 0.3) is 0 Å². The molecule has 0 aliphatic heterocycles. The zero-order valence-corrected chi connectivity index (χ0v) is 14.3. The highest BCUT2D eigenvalue weighted by Gasteiger charge is 2.20. The van der Waals surface area contributed by atoms with Crippen molar-refractivity contribution in [2.75, 3.05) is 39.8 Å². The third-order valence-corrected chi connectivity index (χ3v) is 3.55. The second kappa shape index (κ2) is 15.0. The van der Waals surface area contributed by atoms with Crippen molar-refractivity contribution in [3.63, 3.8) is 0 Å². The zero-order chi connectivity index (χ0) is 16.6. The van der Waals surface area contributed by atoms with Crippen LogP contribution in [0, 0.1) is 0 Å². The Morgan fingerprint density at radius 3 is 1.48 bits per heavy atom. The summed E-state index contributed by atoms with van der Waals surface area (Å²) in [6, 6.07) is 12.0. The van der Waals surface area contributed by atoms with E-state index in [1.54, 1.807) is 0 Å². The molecule has 0 unspecified atom stereocenters. The molecular weight excluding hydrogens is 264 g/mol. The molecular formula is C17H33N2O2+. The summed E-state index contributed by atoms with van der Waals surface area (Å²) in [6.07, 6.45) is 0. The van der Waals surface area contributed by atoms with Crippen LogP contribution < -0.4 is 5.73 Å². The minimum atomic E-state index is -0.179. The van der Waals surface area contributed by atoms with Crippen molar-refractivity contribution >= 4 is 5.97 Å². The van der Waals surface area contributed by atoms with Crippen LogP contribution in [0.5, 0.6) is 0 Å². The monoisotopic (exact) mass is 297 g/mol. The van der Waals surface area contributed by atoms with Crippen molar-refractivity contribution in [3.8, 4) is 0 Å². The maximum atomic E-state index is 10.6. The highest BCUT2D eigenvalue weighted by Crippen LogP contribution is 2.04. The average molecular weight is 297 g/mol. The van der Waals surface area contributed by atoms with Crippen molar-refractivity contribution < 1.29 is 14.0 Å². The lowest BCUT2D eigenvalue weighted by Gasteiger charge is -2.35. The quantitative estimate of drug-likeness (QED) is 0.649. The Bertz CT molecular complexity index is 290. The Morgan fingerprint density at radius 2 is 1.24 bits per heavy atom. The average Bonchev–Trinajstić information content (AvgIpc) is 2.56. The maximum Gasteiger partial charge on any atom is 0.302 e. The smallest absolute Gasteiger partial charge is 0.302 e. The van der Waals surface area contributed by atoms with Gasteiger partial charge in [0.2, 0.25) is 0 Å². The Hall–Kier alpha value is -1.39. The number of carbonyl (C=O) groups is 1. The molecule has 0 aliphatic rings. The molecule has 0 radical (unpaired) electrons. The summed E-state index contributed by atoms with van der Waals surface area (Å²) in [5.41, 5.74) is 4.50. The Morgan fingerprint density at radius 1 is 0.905 bits per heavy atom. The van der Waals surface area contributed by atoms with Crippen LogP contribution in [0.2, 0.25) is 0 Å². The molecule has 1 aromatic rings. The summed E-state index contributed by atoms with van der Waals surface area (Å²) in [7, 11) is 1.50. The number of hydrogen-bond donors (Lipinski definition) is 1. The second-order valence-corrected chi connectivity index (χ2v) is 4.51. The molecule has 4 heteroatoms. The third-order valence-electron chi connectivity index (χ3n) is 3.55. The van der Waals surface area contributed by atoms with Crippen LogP contribution in [0.25, 0.3) is 0 Å². The van der Waals surface area contributed by atoms with E-state index in [9.17, 15) is 4.79 Å². The van der Waals surface area contributed by atoms with E-state index < -0.39 is 0 Å². The molecule has 122 valence electrons. The first kappa shape index (κ1) is 21.9. The Balaban J connectivity index is 0. The van der Waals surface area contributed by atoms with E-state index in [1.165, 1.54) is 14.0 Å². The molecule has 0 aromatic heterocycles. The van der Waals surface area contributed by atoms with Crippen molar-refractivity contribution in [1.82, 2.24) is 0 Å². The summed E-state index contributed by atoms with van der Waals surface area (Å²) in [5, 5.41) is 0. The van der Waals surface area contributed by atoms with Gasteiger partial charge in [-0.3, -0.25) is 4.79 Å². The molecule has 0 fully saturated rings. The van der Waals surface area contributed by atoms with Gasteiger partial charge < -0.3 is 15.0 Å². The van der Waals surface area contributed by atoms with E-state index in [0.29, 0.717) is 6.61 Å². The van der Waals surface area contributed by atoms with E-state index in [-0.39, 0.29) is 5.97 Å². The summed E-state index contributed by atoms with van der Waals surface area (Å²) < 4.78 is 5.98. The van der Waals surface area contributed by atoms with E-state index >= 15 is 0 Å². The first-order valence-corrected chi connectivity index (χ1v) is 7.66. The van der Waals surface area contributed by atoms with Crippen LogP contribution in [0.3, 0.4) is 0 Å². The lowest BCUT2D eigenvalue weighted by Crippen LogP contribution is -2.49. The molecule has 0 heterocycles. The molecule has 1 rings (SSSR count). The molecule has 0 atom stereocenters. The molecule has 4 nitrogen and oxygen atoms in total. The van der Waals surface area contributed by atoms with Crippen LogP contribution in [0.15, 0.2) is 36.4 Å². The largest absolute Gasteiger partial charge is 0.460 e. The summed E-state index contributed by atoms with van der Waals surface area (Å²) in [4.78, 5) is 10.6. The lowest BCUT2D eigenvalue weighted by molar-refractivity contribution is -0.923. The standard InChI is InChI=1S/C10H22NO2.C6H6.CH5N/c1-5-11(6-2,7-3)8-9-13-10(4)12;1-2-4-6-5-3-1;1-2/h5-9H2,1-4H3;1-6H;2H2,1H3/q+1;;.